The summed E-state index contributed by atoms with van der Waals surface area (Å²) in [6.07, 6.45) is 0. The SMILES string of the molecule is c1ccc(-c2ccc(N(c3ccc(-c4cccc5oc6ccccc6c45)cc3)c3ccc4c(c3)oc3ccc5sc(-c6ccccc6)nc5c34)cc2)cc1. The molecule has 0 amide bonds. The second kappa shape index (κ2) is 12.3. The lowest BCUT2D eigenvalue weighted by molar-refractivity contribution is 0.668. The molecule has 0 bridgehead atoms. The van der Waals surface area contributed by atoms with Gasteiger partial charge in [0.2, 0.25) is 0 Å². The number of para-hydroxylation sites is 1. The molecule has 11 rings (SSSR count). The summed E-state index contributed by atoms with van der Waals surface area (Å²) in [6.45, 7) is 0. The monoisotopic (exact) mass is 710 g/mol. The summed E-state index contributed by atoms with van der Waals surface area (Å²) < 4.78 is 14.0. The van der Waals surface area contributed by atoms with Crippen molar-refractivity contribution < 1.29 is 8.83 Å². The molecular weight excluding hydrogens is 681 g/mol. The minimum atomic E-state index is 0.824. The van der Waals surface area contributed by atoms with Crippen LogP contribution in [0.1, 0.15) is 0 Å². The van der Waals surface area contributed by atoms with Crippen molar-refractivity contribution in [1.29, 1.82) is 0 Å². The molecule has 0 aliphatic heterocycles. The van der Waals surface area contributed by atoms with Crippen LogP contribution in [0.25, 0.3) is 86.9 Å². The predicted molar refractivity (Wildman–Crippen MR) is 225 cm³/mol. The third-order valence-corrected chi connectivity index (χ3v) is 11.4. The number of hydrogen-bond donors (Lipinski definition) is 0. The van der Waals surface area contributed by atoms with Gasteiger partial charge in [-0.3, -0.25) is 0 Å². The largest absolute Gasteiger partial charge is 0.456 e. The van der Waals surface area contributed by atoms with E-state index in [-0.39, 0.29) is 0 Å². The minimum Gasteiger partial charge on any atom is -0.456 e. The zero-order valence-electron chi connectivity index (χ0n) is 28.9. The third-order valence-electron chi connectivity index (χ3n) is 10.3. The number of anilines is 3. The van der Waals surface area contributed by atoms with Crippen molar-refractivity contribution in [3.05, 3.63) is 182 Å². The smallest absolute Gasteiger partial charge is 0.137 e. The van der Waals surface area contributed by atoms with E-state index in [1.165, 1.54) is 11.1 Å². The van der Waals surface area contributed by atoms with Crippen LogP contribution < -0.4 is 4.90 Å². The van der Waals surface area contributed by atoms with E-state index in [9.17, 15) is 0 Å². The van der Waals surface area contributed by atoms with Gasteiger partial charge in [-0.2, -0.15) is 0 Å². The van der Waals surface area contributed by atoms with Crippen LogP contribution in [-0.2, 0) is 0 Å². The van der Waals surface area contributed by atoms with Crippen LogP contribution in [0, 0.1) is 0 Å². The molecule has 8 aromatic carbocycles. The van der Waals surface area contributed by atoms with E-state index in [0.717, 1.165) is 92.9 Å². The Hall–Kier alpha value is -6.95. The van der Waals surface area contributed by atoms with Crippen LogP contribution in [-0.4, -0.2) is 4.98 Å². The number of hydrogen-bond acceptors (Lipinski definition) is 5. The molecule has 0 fully saturated rings. The number of fused-ring (bicyclic) bond motifs is 8. The molecule has 0 N–H and O–H groups in total. The van der Waals surface area contributed by atoms with Crippen LogP contribution in [0.3, 0.4) is 0 Å². The van der Waals surface area contributed by atoms with Crippen molar-refractivity contribution in [3.8, 4) is 32.8 Å². The maximum atomic E-state index is 6.59. The summed E-state index contributed by atoms with van der Waals surface area (Å²) in [6, 6.07) is 63.8. The van der Waals surface area contributed by atoms with Crippen molar-refractivity contribution in [1.82, 2.24) is 4.98 Å². The first-order valence-corrected chi connectivity index (χ1v) is 18.8. The molecule has 0 aliphatic rings. The Kier molecular flexibility index (Phi) is 7.00. The Morgan fingerprint density at radius 3 is 1.78 bits per heavy atom. The lowest BCUT2D eigenvalue weighted by Gasteiger charge is -2.26. The van der Waals surface area contributed by atoms with Gasteiger partial charge in [0.1, 0.15) is 27.3 Å². The molecule has 54 heavy (non-hydrogen) atoms. The van der Waals surface area contributed by atoms with Gasteiger partial charge in [-0.05, 0) is 82.9 Å². The molecule has 0 saturated carbocycles. The number of nitrogens with zero attached hydrogens (tertiary/aromatic N) is 2. The van der Waals surface area contributed by atoms with E-state index >= 15 is 0 Å². The zero-order chi connectivity index (χ0) is 35.6. The Bertz CT molecular complexity index is 3140. The van der Waals surface area contributed by atoms with E-state index in [2.05, 4.69) is 163 Å². The van der Waals surface area contributed by atoms with Gasteiger partial charge < -0.3 is 13.7 Å². The summed E-state index contributed by atoms with van der Waals surface area (Å²) in [5, 5.41) is 5.37. The first kappa shape index (κ1) is 30.7. The lowest BCUT2D eigenvalue weighted by Crippen LogP contribution is -2.09. The van der Waals surface area contributed by atoms with Crippen molar-refractivity contribution in [2.24, 2.45) is 0 Å². The van der Waals surface area contributed by atoms with E-state index in [1.54, 1.807) is 11.3 Å². The van der Waals surface area contributed by atoms with Gasteiger partial charge in [0.05, 0.1) is 15.6 Å². The molecule has 0 unspecified atom stereocenters. The van der Waals surface area contributed by atoms with Crippen molar-refractivity contribution >= 4 is 82.5 Å². The quantitative estimate of drug-likeness (QED) is 0.172. The second-order valence-corrected chi connectivity index (χ2v) is 14.6. The Balaban J connectivity index is 1.04. The van der Waals surface area contributed by atoms with Crippen LogP contribution in [0.15, 0.2) is 191 Å². The summed E-state index contributed by atoms with van der Waals surface area (Å²) in [4.78, 5) is 7.42. The van der Waals surface area contributed by atoms with Crippen LogP contribution in [0.5, 0.6) is 0 Å². The first-order valence-electron chi connectivity index (χ1n) is 18.0. The fourth-order valence-corrected chi connectivity index (χ4v) is 8.75. The minimum absolute atomic E-state index is 0.824. The van der Waals surface area contributed by atoms with E-state index in [0.29, 0.717) is 0 Å². The van der Waals surface area contributed by atoms with E-state index < -0.39 is 0 Å². The second-order valence-electron chi connectivity index (χ2n) is 13.5. The van der Waals surface area contributed by atoms with Crippen molar-refractivity contribution in [3.63, 3.8) is 0 Å². The number of thiazole rings is 1. The van der Waals surface area contributed by atoms with Gasteiger partial charge in [-0.1, -0.05) is 115 Å². The van der Waals surface area contributed by atoms with Gasteiger partial charge in [0.15, 0.2) is 0 Å². The van der Waals surface area contributed by atoms with E-state index in [4.69, 9.17) is 13.8 Å². The Labute approximate surface area is 314 Å². The number of rotatable bonds is 6. The average Bonchev–Trinajstić information content (AvgIpc) is 3.95. The lowest BCUT2D eigenvalue weighted by atomic mass is 9.99. The highest BCUT2D eigenvalue weighted by atomic mass is 32.1. The van der Waals surface area contributed by atoms with Crippen LogP contribution >= 0.6 is 11.3 Å². The summed E-state index contributed by atoms with van der Waals surface area (Å²) in [5.74, 6) is 0. The molecule has 5 heteroatoms. The van der Waals surface area contributed by atoms with Gasteiger partial charge in [0, 0.05) is 44.9 Å². The summed E-state index contributed by atoms with van der Waals surface area (Å²) in [7, 11) is 0. The van der Waals surface area contributed by atoms with Crippen LogP contribution in [0.2, 0.25) is 0 Å². The normalized spacial score (nSPS) is 11.7. The number of furan rings is 2. The first-order chi connectivity index (χ1) is 26.7. The maximum Gasteiger partial charge on any atom is 0.137 e. The predicted octanol–water partition coefficient (Wildman–Crippen LogP) is 14.6. The third kappa shape index (κ3) is 5.01. The Morgan fingerprint density at radius 2 is 1.00 bits per heavy atom. The van der Waals surface area contributed by atoms with Crippen molar-refractivity contribution in [2.45, 2.75) is 0 Å². The van der Waals surface area contributed by atoms with E-state index in [1.807, 2.05) is 24.3 Å². The van der Waals surface area contributed by atoms with Crippen LogP contribution in [0.4, 0.5) is 17.1 Å². The molecular formula is C49H30N2O2S. The fourth-order valence-electron chi connectivity index (χ4n) is 7.77. The average molecular weight is 711 g/mol. The van der Waals surface area contributed by atoms with Gasteiger partial charge >= 0.3 is 0 Å². The molecule has 3 heterocycles. The molecule has 4 nitrogen and oxygen atoms in total. The summed E-state index contributed by atoms with van der Waals surface area (Å²) >= 11 is 1.71. The number of benzene rings is 8. The highest BCUT2D eigenvalue weighted by molar-refractivity contribution is 7.21. The molecule has 254 valence electrons. The Morgan fingerprint density at radius 1 is 0.407 bits per heavy atom. The standard InChI is InChI=1S/C49H30N2O2S/c1-3-10-31(11-4-1)32-18-22-35(23-19-32)51(36-24-20-33(21-25-36)38-15-9-17-42-46(38)39-14-7-8-16-41(39)52-42)37-26-27-40-44(30-37)53-43-28-29-45-48(47(40)43)50-49(54-45)34-12-5-2-6-13-34/h1-30H. The molecule has 0 saturated heterocycles. The maximum absolute atomic E-state index is 6.59. The topological polar surface area (TPSA) is 42.4 Å². The molecule has 3 aromatic heterocycles. The molecule has 11 aromatic rings. The highest BCUT2D eigenvalue weighted by Crippen LogP contribution is 2.43. The number of aromatic nitrogens is 1. The summed E-state index contributed by atoms with van der Waals surface area (Å²) in [5.41, 5.74) is 13.3. The van der Waals surface area contributed by atoms with Gasteiger partial charge in [-0.15, -0.1) is 11.3 Å². The molecule has 0 spiro atoms. The fraction of sp³-hybridized carbons (Fsp3) is 0. The molecule has 0 radical (unpaired) electrons. The molecule has 0 atom stereocenters. The molecule has 0 aliphatic carbocycles. The van der Waals surface area contributed by atoms with Gasteiger partial charge in [0.25, 0.3) is 0 Å². The highest BCUT2D eigenvalue weighted by Gasteiger charge is 2.19. The van der Waals surface area contributed by atoms with Crippen molar-refractivity contribution in [2.75, 3.05) is 4.90 Å². The zero-order valence-corrected chi connectivity index (χ0v) is 29.8. The van der Waals surface area contributed by atoms with Gasteiger partial charge in [-0.25, -0.2) is 4.98 Å².